The summed E-state index contributed by atoms with van der Waals surface area (Å²) in [7, 11) is 0. The van der Waals surface area contributed by atoms with Gasteiger partial charge in [-0.3, -0.25) is 9.20 Å². The van der Waals surface area contributed by atoms with Crippen molar-refractivity contribution in [1.29, 1.82) is 0 Å². The molecular formula is C16H13ClN4O2. The van der Waals surface area contributed by atoms with Crippen LogP contribution in [0.2, 0.25) is 5.02 Å². The van der Waals surface area contributed by atoms with E-state index in [0.717, 1.165) is 11.1 Å². The van der Waals surface area contributed by atoms with Gasteiger partial charge >= 0.3 is 5.69 Å². The highest BCUT2D eigenvalue weighted by atomic mass is 35.5. The summed E-state index contributed by atoms with van der Waals surface area (Å²) in [6.07, 6.45) is 1.64. The third-order valence-electron chi connectivity index (χ3n) is 4.05. The summed E-state index contributed by atoms with van der Waals surface area (Å²) < 4.78 is 2.62. The van der Waals surface area contributed by atoms with Gasteiger partial charge in [-0.05, 0) is 29.3 Å². The number of pyridine rings is 1. The van der Waals surface area contributed by atoms with Gasteiger partial charge in [-0.25, -0.2) is 9.48 Å². The first-order valence-electron chi connectivity index (χ1n) is 7.22. The van der Waals surface area contributed by atoms with Crippen LogP contribution in [0.3, 0.4) is 0 Å². The van der Waals surface area contributed by atoms with E-state index in [9.17, 15) is 9.59 Å². The molecule has 3 aromatic rings. The highest BCUT2D eigenvalue weighted by Gasteiger charge is 2.25. The van der Waals surface area contributed by atoms with E-state index in [2.05, 4.69) is 5.10 Å². The lowest BCUT2D eigenvalue weighted by molar-refractivity contribution is -0.132. The van der Waals surface area contributed by atoms with Crippen LogP contribution in [0.4, 0.5) is 0 Å². The minimum Gasteiger partial charge on any atom is -0.332 e. The Kier molecular flexibility index (Phi) is 3.20. The van der Waals surface area contributed by atoms with E-state index >= 15 is 0 Å². The zero-order valence-electron chi connectivity index (χ0n) is 12.1. The quantitative estimate of drug-likeness (QED) is 0.719. The predicted octanol–water partition coefficient (Wildman–Crippen LogP) is 1.69. The summed E-state index contributed by atoms with van der Waals surface area (Å²) in [4.78, 5) is 26.4. The lowest BCUT2D eigenvalue weighted by Crippen LogP contribution is -2.33. The minimum atomic E-state index is -0.316. The van der Waals surface area contributed by atoms with E-state index in [1.165, 1.54) is 9.08 Å². The molecule has 0 atom stereocenters. The van der Waals surface area contributed by atoms with Crippen LogP contribution in [0, 0.1) is 0 Å². The maximum Gasteiger partial charge on any atom is 0.350 e. The molecule has 3 heterocycles. The largest absolute Gasteiger partial charge is 0.350 e. The molecule has 1 aliphatic heterocycles. The van der Waals surface area contributed by atoms with Crippen LogP contribution in [0.25, 0.3) is 5.65 Å². The second-order valence-electron chi connectivity index (χ2n) is 5.50. The first kappa shape index (κ1) is 14.0. The maximum absolute atomic E-state index is 12.5. The van der Waals surface area contributed by atoms with Gasteiger partial charge in [0.25, 0.3) is 0 Å². The number of amides is 1. The van der Waals surface area contributed by atoms with Gasteiger partial charge < -0.3 is 4.90 Å². The fraction of sp³-hybridized carbons (Fsp3) is 0.188. The molecule has 0 bridgehead atoms. The number of halogens is 1. The molecule has 1 amide bonds. The standard InChI is InChI=1S/C16H13ClN4O2/c17-13-5-3-4-11-8-19(9-12(11)13)15(22)10-21-16(23)20-7-2-1-6-14(20)18-21/h1-7H,8-10H2. The van der Waals surface area contributed by atoms with Crippen LogP contribution in [-0.4, -0.2) is 25.0 Å². The van der Waals surface area contributed by atoms with Gasteiger partial charge in [0.1, 0.15) is 6.54 Å². The number of aromatic nitrogens is 3. The Morgan fingerprint density at radius 1 is 1.17 bits per heavy atom. The normalized spacial score (nSPS) is 13.5. The van der Waals surface area contributed by atoms with E-state index in [0.29, 0.717) is 23.8 Å². The summed E-state index contributed by atoms with van der Waals surface area (Å²) in [5, 5.41) is 4.85. The number of hydrogen-bond donors (Lipinski definition) is 0. The van der Waals surface area contributed by atoms with E-state index in [-0.39, 0.29) is 18.1 Å². The van der Waals surface area contributed by atoms with Crippen molar-refractivity contribution < 1.29 is 4.79 Å². The zero-order chi connectivity index (χ0) is 16.0. The third-order valence-corrected chi connectivity index (χ3v) is 4.41. The van der Waals surface area contributed by atoms with Gasteiger partial charge in [-0.2, -0.15) is 0 Å². The van der Waals surface area contributed by atoms with Crippen molar-refractivity contribution in [2.24, 2.45) is 0 Å². The first-order chi connectivity index (χ1) is 11.1. The number of benzene rings is 1. The first-order valence-corrected chi connectivity index (χ1v) is 7.59. The van der Waals surface area contributed by atoms with Crippen LogP contribution in [-0.2, 0) is 24.4 Å². The fourth-order valence-corrected chi connectivity index (χ4v) is 3.11. The van der Waals surface area contributed by atoms with Gasteiger partial charge in [0.05, 0.1) is 0 Å². The number of rotatable bonds is 2. The summed E-state index contributed by atoms with van der Waals surface area (Å²) in [6.45, 7) is 0.902. The number of hydrogen-bond acceptors (Lipinski definition) is 3. The van der Waals surface area contributed by atoms with Crippen molar-refractivity contribution in [3.63, 3.8) is 0 Å². The molecule has 0 fully saturated rings. The molecule has 0 spiro atoms. The fourth-order valence-electron chi connectivity index (χ4n) is 2.86. The van der Waals surface area contributed by atoms with Gasteiger partial charge in [-0.15, -0.1) is 5.10 Å². The molecule has 0 radical (unpaired) electrons. The molecule has 7 heteroatoms. The summed E-state index contributed by atoms with van der Waals surface area (Å²) in [5.41, 5.74) is 2.24. The summed E-state index contributed by atoms with van der Waals surface area (Å²) >= 11 is 6.17. The highest BCUT2D eigenvalue weighted by Crippen LogP contribution is 2.29. The van der Waals surface area contributed by atoms with Crippen molar-refractivity contribution in [3.8, 4) is 0 Å². The van der Waals surface area contributed by atoms with Crippen molar-refractivity contribution in [2.45, 2.75) is 19.6 Å². The molecule has 4 rings (SSSR count). The second-order valence-corrected chi connectivity index (χ2v) is 5.90. The zero-order valence-corrected chi connectivity index (χ0v) is 12.9. The molecule has 6 nitrogen and oxygen atoms in total. The number of carbonyl (C=O) groups is 1. The van der Waals surface area contributed by atoms with Crippen LogP contribution >= 0.6 is 11.6 Å². The average molecular weight is 329 g/mol. The molecule has 23 heavy (non-hydrogen) atoms. The topological polar surface area (TPSA) is 59.6 Å². The second kappa shape index (κ2) is 5.24. The molecule has 0 unspecified atom stereocenters. The number of carbonyl (C=O) groups excluding carboxylic acids is 1. The van der Waals surface area contributed by atoms with Gasteiger partial charge in [-0.1, -0.05) is 29.8 Å². The number of fused-ring (bicyclic) bond motifs is 2. The predicted molar refractivity (Wildman–Crippen MR) is 85.2 cm³/mol. The van der Waals surface area contributed by atoms with Crippen molar-refractivity contribution in [3.05, 3.63) is 69.2 Å². The molecule has 0 saturated heterocycles. The smallest absolute Gasteiger partial charge is 0.332 e. The van der Waals surface area contributed by atoms with Crippen LogP contribution in [0.15, 0.2) is 47.4 Å². The Balaban J connectivity index is 1.58. The molecule has 0 N–H and O–H groups in total. The average Bonchev–Trinajstić information content (AvgIpc) is 3.11. The van der Waals surface area contributed by atoms with Crippen molar-refractivity contribution in [1.82, 2.24) is 19.1 Å². The Labute approximate surface area is 136 Å². The Morgan fingerprint density at radius 3 is 2.83 bits per heavy atom. The molecule has 1 aliphatic rings. The molecule has 0 saturated carbocycles. The Hall–Kier alpha value is -2.60. The Bertz CT molecular complexity index is 976. The Morgan fingerprint density at radius 2 is 2.04 bits per heavy atom. The van der Waals surface area contributed by atoms with Gasteiger partial charge in [0.15, 0.2) is 5.65 Å². The molecular weight excluding hydrogens is 316 g/mol. The minimum absolute atomic E-state index is 0.0773. The van der Waals surface area contributed by atoms with Gasteiger partial charge in [0, 0.05) is 24.3 Å². The summed E-state index contributed by atoms with van der Waals surface area (Å²) in [6, 6.07) is 10.9. The summed E-state index contributed by atoms with van der Waals surface area (Å²) in [5.74, 6) is -0.150. The van der Waals surface area contributed by atoms with Crippen LogP contribution in [0.1, 0.15) is 11.1 Å². The monoisotopic (exact) mass is 328 g/mol. The molecule has 1 aromatic carbocycles. The van der Waals surface area contributed by atoms with E-state index in [4.69, 9.17) is 11.6 Å². The van der Waals surface area contributed by atoms with E-state index in [1.807, 2.05) is 18.2 Å². The molecule has 116 valence electrons. The molecule has 0 aliphatic carbocycles. The van der Waals surface area contributed by atoms with Crippen molar-refractivity contribution in [2.75, 3.05) is 0 Å². The maximum atomic E-state index is 12.5. The highest BCUT2D eigenvalue weighted by molar-refractivity contribution is 6.31. The molecule has 2 aromatic heterocycles. The third kappa shape index (κ3) is 2.31. The van der Waals surface area contributed by atoms with E-state index < -0.39 is 0 Å². The number of nitrogens with zero attached hydrogens (tertiary/aromatic N) is 4. The SMILES string of the molecule is O=C(Cn1nc2ccccn2c1=O)N1Cc2cccc(Cl)c2C1. The van der Waals surface area contributed by atoms with E-state index in [1.54, 1.807) is 29.3 Å². The van der Waals surface area contributed by atoms with Crippen LogP contribution < -0.4 is 5.69 Å². The lowest BCUT2D eigenvalue weighted by atomic mass is 10.1. The van der Waals surface area contributed by atoms with Crippen molar-refractivity contribution >= 4 is 23.2 Å². The van der Waals surface area contributed by atoms with Crippen LogP contribution in [0.5, 0.6) is 0 Å². The van der Waals surface area contributed by atoms with Gasteiger partial charge in [0.2, 0.25) is 5.91 Å². The lowest BCUT2D eigenvalue weighted by Gasteiger charge is -2.14.